The van der Waals surface area contributed by atoms with Gasteiger partial charge in [-0.1, -0.05) is 12.1 Å². The third-order valence-electron chi connectivity index (χ3n) is 4.41. The van der Waals surface area contributed by atoms with Crippen molar-refractivity contribution in [2.45, 2.75) is 31.7 Å². The van der Waals surface area contributed by atoms with Crippen LogP contribution in [0.2, 0.25) is 0 Å². The predicted octanol–water partition coefficient (Wildman–Crippen LogP) is 2.94. The molecule has 0 atom stereocenters. The van der Waals surface area contributed by atoms with E-state index < -0.39 is 16.0 Å². The fourth-order valence-electron chi connectivity index (χ4n) is 2.54. The SMILES string of the molecule is CCOC(=O)c1ccccc1NC(=O)CNc1ccc(S(=O)(=O)N(C)C(C)C)cc1. The highest BCUT2D eigenvalue weighted by Gasteiger charge is 2.22. The minimum atomic E-state index is -3.56. The van der Waals surface area contributed by atoms with E-state index in [9.17, 15) is 18.0 Å². The number of carbonyl (C=O) groups excluding carboxylic acids is 2. The van der Waals surface area contributed by atoms with Gasteiger partial charge in [0.05, 0.1) is 29.3 Å². The zero-order valence-corrected chi connectivity index (χ0v) is 18.3. The van der Waals surface area contributed by atoms with Crippen LogP contribution in [-0.2, 0) is 19.6 Å². The van der Waals surface area contributed by atoms with Gasteiger partial charge in [0.2, 0.25) is 15.9 Å². The maximum atomic E-state index is 12.5. The van der Waals surface area contributed by atoms with Crippen LogP contribution in [0.15, 0.2) is 53.4 Å². The van der Waals surface area contributed by atoms with Crippen LogP contribution in [0.3, 0.4) is 0 Å². The highest BCUT2D eigenvalue weighted by atomic mass is 32.2. The lowest BCUT2D eigenvalue weighted by molar-refractivity contribution is -0.114. The molecule has 0 spiro atoms. The summed E-state index contributed by atoms with van der Waals surface area (Å²) in [6.45, 7) is 5.48. The Bertz CT molecular complexity index is 988. The molecule has 0 saturated carbocycles. The van der Waals surface area contributed by atoms with Gasteiger partial charge in [0.1, 0.15) is 0 Å². The smallest absolute Gasteiger partial charge is 0.340 e. The largest absolute Gasteiger partial charge is 0.462 e. The normalized spacial score (nSPS) is 11.4. The first kappa shape index (κ1) is 23.4. The van der Waals surface area contributed by atoms with Crippen molar-refractivity contribution in [1.82, 2.24) is 4.31 Å². The summed E-state index contributed by atoms with van der Waals surface area (Å²) >= 11 is 0. The molecule has 0 radical (unpaired) electrons. The molecular weight excluding hydrogens is 406 g/mol. The van der Waals surface area contributed by atoms with Gasteiger partial charge in [0.25, 0.3) is 0 Å². The van der Waals surface area contributed by atoms with Gasteiger partial charge in [-0.3, -0.25) is 4.79 Å². The second kappa shape index (κ2) is 10.2. The molecule has 2 N–H and O–H groups in total. The molecule has 0 heterocycles. The third-order valence-corrected chi connectivity index (χ3v) is 6.46. The molecule has 1 amide bonds. The average molecular weight is 434 g/mol. The van der Waals surface area contributed by atoms with Gasteiger partial charge in [0, 0.05) is 18.8 Å². The lowest BCUT2D eigenvalue weighted by Crippen LogP contribution is -2.33. The molecule has 0 aromatic heterocycles. The van der Waals surface area contributed by atoms with E-state index in [4.69, 9.17) is 4.74 Å². The van der Waals surface area contributed by atoms with E-state index in [1.54, 1.807) is 57.2 Å². The van der Waals surface area contributed by atoms with Crippen LogP contribution >= 0.6 is 0 Å². The van der Waals surface area contributed by atoms with Crippen LogP contribution in [0, 0.1) is 0 Å². The van der Waals surface area contributed by atoms with Crippen molar-refractivity contribution in [2.75, 3.05) is 30.8 Å². The minimum absolute atomic E-state index is 0.0604. The number of para-hydroxylation sites is 1. The van der Waals surface area contributed by atoms with Crippen LogP contribution in [0.4, 0.5) is 11.4 Å². The zero-order valence-electron chi connectivity index (χ0n) is 17.5. The Kier molecular flexibility index (Phi) is 7.96. The van der Waals surface area contributed by atoms with Gasteiger partial charge in [0.15, 0.2) is 0 Å². The van der Waals surface area contributed by atoms with Gasteiger partial charge >= 0.3 is 5.97 Å². The Morgan fingerprint density at radius 3 is 2.30 bits per heavy atom. The number of nitrogens with one attached hydrogen (secondary N) is 2. The molecule has 0 saturated heterocycles. The second-order valence-corrected chi connectivity index (χ2v) is 8.80. The minimum Gasteiger partial charge on any atom is -0.462 e. The van der Waals surface area contributed by atoms with Crippen LogP contribution in [0.5, 0.6) is 0 Å². The van der Waals surface area contributed by atoms with Crippen LogP contribution in [-0.4, -0.2) is 50.8 Å². The van der Waals surface area contributed by atoms with E-state index in [-0.39, 0.29) is 35.6 Å². The van der Waals surface area contributed by atoms with Gasteiger partial charge in [-0.05, 0) is 57.2 Å². The number of hydrogen-bond acceptors (Lipinski definition) is 6. The number of hydrogen-bond donors (Lipinski definition) is 2. The summed E-state index contributed by atoms with van der Waals surface area (Å²) < 4.78 is 31.3. The summed E-state index contributed by atoms with van der Waals surface area (Å²) in [6.07, 6.45) is 0. The van der Waals surface area contributed by atoms with Crippen LogP contribution in [0.1, 0.15) is 31.1 Å². The lowest BCUT2D eigenvalue weighted by atomic mass is 10.2. The van der Waals surface area contributed by atoms with Crippen LogP contribution < -0.4 is 10.6 Å². The zero-order chi connectivity index (χ0) is 22.3. The number of carbonyl (C=O) groups is 2. The molecule has 2 rings (SSSR count). The van der Waals surface area contributed by atoms with Crippen molar-refractivity contribution in [3.05, 3.63) is 54.1 Å². The maximum absolute atomic E-state index is 12.5. The standard InChI is InChI=1S/C21H27N3O5S/c1-5-29-21(26)18-8-6-7-9-19(18)23-20(25)14-22-16-10-12-17(13-11-16)30(27,28)24(4)15(2)3/h6-13,15,22H,5,14H2,1-4H3,(H,23,25). The Morgan fingerprint density at radius 2 is 1.70 bits per heavy atom. The first-order valence-electron chi connectivity index (χ1n) is 9.54. The average Bonchev–Trinajstić information content (AvgIpc) is 2.72. The predicted molar refractivity (Wildman–Crippen MR) is 116 cm³/mol. The van der Waals surface area contributed by atoms with E-state index in [1.807, 2.05) is 0 Å². The van der Waals surface area contributed by atoms with Crippen molar-refractivity contribution >= 4 is 33.3 Å². The molecule has 30 heavy (non-hydrogen) atoms. The lowest BCUT2D eigenvalue weighted by Gasteiger charge is -2.21. The number of anilines is 2. The maximum Gasteiger partial charge on any atom is 0.340 e. The Hall–Kier alpha value is -2.91. The molecule has 2 aromatic rings. The third kappa shape index (κ3) is 5.80. The number of sulfonamides is 1. The summed E-state index contributed by atoms with van der Waals surface area (Å²) in [5.74, 6) is -0.868. The molecule has 0 aliphatic carbocycles. The number of rotatable bonds is 9. The highest BCUT2D eigenvalue weighted by Crippen LogP contribution is 2.19. The van der Waals surface area contributed by atoms with Crippen molar-refractivity contribution < 1.29 is 22.7 Å². The monoisotopic (exact) mass is 433 g/mol. The quantitative estimate of drug-likeness (QED) is 0.589. The summed E-state index contributed by atoms with van der Waals surface area (Å²) in [4.78, 5) is 24.4. The second-order valence-electron chi connectivity index (χ2n) is 6.81. The van der Waals surface area contributed by atoms with Gasteiger partial charge < -0.3 is 15.4 Å². The Morgan fingerprint density at radius 1 is 1.07 bits per heavy atom. The molecule has 9 heteroatoms. The summed E-state index contributed by atoms with van der Waals surface area (Å²) in [5, 5.41) is 5.61. The Labute approximate surface area is 177 Å². The molecule has 8 nitrogen and oxygen atoms in total. The number of benzene rings is 2. The molecule has 0 aliphatic rings. The molecular formula is C21H27N3O5S. The number of esters is 1. The molecule has 162 valence electrons. The first-order chi connectivity index (χ1) is 14.2. The summed E-state index contributed by atoms with van der Waals surface area (Å²) in [7, 11) is -2.03. The fraction of sp³-hybridized carbons (Fsp3) is 0.333. The summed E-state index contributed by atoms with van der Waals surface area (Å²) in [6, 6.07) is 12.6. The van der Waals surface area contributed by atoms with Gasteiger partial charge in [-0.15, -0.1) is 0 Å². The topological polar surface area (TPSA) is 105 Å². The van der Waals surface area contributed by atoms with Gasteiger partial charge in [-0.2, -0.15) is 4.31 Å². The van der Waals surface area contributed by atoms with E-state index in [0.29, 0.717) is 11.4 Å². The summed E-state index contributed by atoms with van der Waals surface area (Å²) in [5.41, 5.74) is 1.23. The molecule has 0 fully saturated rings. The van der Waals surface area contributed by atoms with Crippen molar-refractivity contribution in [1.29, 1.82) is 0 Å². The first-order valence-corrected chi connectivity index (χ1v) is 11.0. The van der Waals surface area contributed by atoms with E-state index in [0.717, 1.165) is 0 Å². The van der Waals surface area contributed by atoms with E-state index >= 15 is 0 Å². The molecule has 2 aromatic carbocycles. The van der Waals surface area contributed by atoms with E-state index in [2.05, 4.69) is 10.6 Å². The molecule has 0 aliphatic heterocycles. The number of amides is 1. The van der Waals surface area contributed by atoms with Crippen molar-refractivity contribution in [2.24, 2.45) is 0 Å². The number of nitrogens with zero attached hydrogens (tertiary/aromatic N) is 1. The highest BCUT2D eigenvalue weighted by molar-refractivity contribution is 7.89. The fourth-order valence-corrected chi connectivity index (χ4v) is 3.91. The van der Waals surface area contributed by atoms with Crippen molar-refractivity contribution in [3.8, 4) is 0 Å². The Balaban J connectivity index is 2.00. The molecule has 0 unspecified atom stereocenters. The van der Waals surface area contributed by atoms with Gasteiger partial charge in [-0.25, -0.2) is 13.2 Å². The molecule has 0 bridgehead atoms. The van der Waals surface area contributed by atoms with E-state index in [1.165, 1.54) is 23.5 Å². The number of ether oxygens (including phenoxy) is 1. The van der Waals surface area contributed by atoms with Crippen LogP contribution in [0.25, 0.3) is 0 Å². The van der Waals surface area contributed by atoms with Crippen molar-refractivity contribution in [3.63, 3.8) is 0 Å².